The van der Waals surface area contributed by atoms with Crippen molar-refractivity contribution in [1.82, 2.24) is 14.4 Å². The number of rotatable bonds is 7. The Balaban J connectivity index is 1.53. The molecule has 31 heavy (non-hydrogen) atoms. The van der Waals surface area contributed by atoms with Crippen LogP contribution in [-0.4, -0.2) is 53.2 Å². The molecule has 6 nitrogen and oxygen atoms in total. The van der Waals surface area contributed by atoms with E-state index in [1.807, 2.05) is 49.5 Å². The zero-order valence-corrected chi connectivity index (χ0v) is 18.7. The summed E-state index contributed by atoms with van der Waals surface area (Å²) in [6, 6.07) is 15.9. The zero-order chi connectivity index (χ0) is 22.0. The second kappa shape index (κ2) is 8.81. The van der Waals surface area contributed by atoms with Crippen molar-refractivity contribution in [2.75, 3.05) is 27.8 Å². The van der Waals surface area contributed by atoms with Gasteiger partial charge in [-0.15, -0.1) is 0 Å². The molecule has 7 heteroatoms. The molecule has 0 atom stereocenters. The molecular weight excluding hydrogens is 410 g/mol. The second-order valence-corrected chi connectivity index (χ2v) is 7.75. The molecule has 4 rings (SSSR count). The molecule has 0 unspecified atom stereocenters. The van der Waals surface area contributed by atoms with Crippen LogP contribution >= 0.6 is 12.2 Å². The van der Waals surface area contributed by atoms with Gasteiger partial charge in [0, 0.05) is 43.3 Å². The quantitative estimate of drug-likeness (QED) is 0.317. The van der Waals surface area contributed by atoms with E-state index >= 15 is 0 Å². The number of ether oxygens (including phenoxy) is 2. The van der Waals surface area contributed by atoms with Gasteiger partial charge in [0.05, 0.1) is 13.7 Å². The molecule has 1 saturated heterocycles. The van der Waals surface area contributed by atoms with Crippen molar-refractivity contribution in [2.45, 2.75) is 13.0 Å². The number of benzene rings is 2. The first kappa shape index (κ1) is 20.9. The summed E-state index contributed by atoms with van der Waals surface area (Å²) in [5, 5.41) is 1.61. The number of aromatic nitrogens is 1. The predicted octanol–water partition coefficient (Wildman–Crippen LogP) is 4.15. The minimum atomic E-state index is -0.0884. The summed E-state index contributed by atoms with van der Waals surface area (Å²) in [6.07, 6.45) is 4.84. The number of carbonyl (C=O) groups is 1. The summed E-state index contributed by atoms with van der Waals surface area (Å²) in [7, 11) is 5.16. The Hall–Kier alpha value is -3.32. The molecule has 2 heterocycles. The van der Waals surface area contributed by atoms with E-state index in [1.165, 1.54) is 4.90 Å². The van der Waals surface area contributed by atoms with Crippen molar-refractivity contribution in [3.63, 3.8) is 0 Å². The van der Waals surface area contributed by atoms with Gasteiger partial charge in [0.2, 0.25) is 0 Å². The van der Waals surface area contributed by atoms with Crippen LogP contribution in [0.25, 0.3) is 17.0 Å². The van der Waals surface area contributed by atoms with Gasteiger partial charge in [-0.05, 0) is 42.9 Å². The maximum absolute atomic E-state index is 12.6. The Morgan fingerprint density at radius 2 is 1.71 bits per heavy atom. The minimum Gasteiger partial charge on any atom is -0.493 e. The fourth-order valence-corrected chi connectivity index (χ4v) is 3.95. The van der Waals surface area contributed by atoms with E-state index in [0.717, 1.165) is 40.9 Å². The summed E-state index contributed by atoms with van der Waals surface area (Å²) in [6.45, 7) is 1.37. The van der Waals surface area contributed by atoms with Gasteiger partial charge in [-0.1, -0.05) is 30.3 Å². The van der Waals surface area contributed by atoms with Gasteiger partial charge in [-0.3, -0.25) is 9.69 Å². The monoisotopic (exact) mass is 435 g/mol. The van der Waals surface area contributed by atoms with Crippen LogP contribution in [0.4, 0.5) is 0 Å². The maximum atomic E-state index is 12.6. The lowest BCUT2D eigenvalue weighted by atomic mass is 10.1. The van der Waals surface area contributed by atoms with Crippen LogP contribution in [0.2, 0.25) is 0 Å². The van der Waals surface area contributed by atoms with Crippen molar-refractivity contribution in [3.05, 3.63) is 66.0 Å². The Bertz CT molecular complexity index is 1170. The molecule has 1 amide bonds. The van der Waals surface area contributed by atoms with Crippen LogP contribution < -0.4 is 9.47 Å². The van der Waals surface area contributed by atoms with Crippen LogP contribution in [0.3, 0.4) is 0 Å². The number of aryl methyl sites for hydroxylation is 1. The molecule has 160 valence electrons. The molecule has 0 spiro atoms. The van der Waals surface area contributed by atoms with Crippen molar-refractivity contribution in [2.24, 2.45) is 0 Å². The van der Waals surface area contributed by atoms with E-state index in [1.54, 1.807) is 19.1 Å². The van der Waals surface area contributed by atoms with Crippen molar-refractivity contribution in [1.29, 1.82) is 0 Å². The normalized spacial score (nSPS) is 15.4. The fourth-order valence-electron chi connectivity index (χ4n) is 3.77. The molecule has 3 aromatic rings. The molecule has 1 aliphatic heterocycles. The summed E-state index contributed by atoms with van der Waals surface area (Å²) in [5.74, 6) is 1.39. The van der Waals surface area contributed by atoms with Gasteiger partial charge < -0.3 is 18.9 Å². The van der Waals surface area contributed by atoms with E-state index in [0.29, 0.717) is 17.4 Å². The van der Waals surface area contributed by atoms with Gasteiger partial charge >= 0.3 is 0 Å². The first-order valence-corrected chi connectivity index (χ1v) is 10.5. The average Bonchev–Trinajstić information content (AvgIpc) is 3.23. The van der Waals surface area contributed by atoms with Crippen LogP contribution in [0, 0.1) is 0 Å². The number of likely N-dealkylation sites (N-methyl/N-ethyl adjacent to an activating group) is 2. The van der Waals surface area contributed by atoms with Gasteiger partial charge in [-0.25, -0.2) is 0 Å². The Kier molecular flexibility index (Phi) is 5.95. The summed E-state index contributed by atoms with van der Waals surface area (Å²) in [4.78, 5) is 15.8. The number of fused-ring (bicyclic) bond motifs is 1. The highest BCUT2D eigenvalue weighted by Gasteiger charge is 2.32. The molecular formula is C24H25N3O3S. The lowest BCUT2D eigenvalue weighted by molar-refractivity contribution is -0.121. The number of hydrogen-bond donors (Lipinski definition) is 0. The van der Waals surface area contributed by atoms with Crippen molar-refractivity contribution in [3.8, 4) is 11.5 Å². The minimum absolute atomic E-state index is 0.0884. The van der Waals surface area contributed by atoms with Crippen LogP contribution in [-0.2, 0) is 11.3 Å². The van der Waals surface area contributed by atoms with E-state index in [2.05, 4.69) is 22.9 Å². The van der Waals surface area contributed by atoms with E-state index in [4.69, 9.17) is 21.7 Å². The zero-order valence-electron chi connectivity index (χ0n) is 17.9. The van der Waals surface area contributed by atoms with E-state index in [-0.39, 0.29) is 5.91 Å². The number of hydrogen-bond acceptors (Lipinski definition) is 4. The summed E-state index contributed by atoms with van der Waals surface area (Å²) in [5.41, 5.74) is 2.69. The standard InChI is InChI=1S/C24H25N3O3S/c1-25-20(23(28)26(2)24(25)31)15-17-16-27(19-10-5-4-9-18(17)19)13-8-14-30-22-12-7-6-11-21(22)29-3/h4-7,9-12,15-16H,8,13-14H2,1-3H3/b20-15-. The van der Waals surface area contributed by atoms with Crippen LogP contribution in [0.5, 0.6) is 11.5 Å². The SMILES string of the molecule is COc1ccccc1OCCCn1cc(/C=C2/C(=O)N(C)C(=S)N2C)c2ccccc21. The number of para-hydroxylation sites is 3. The molecule has 1 fully saturated rings. The fraction of sp³-hybridized carbons (Fsp3) is 0.250. The largest absolute Gasteiger partial charge is 0.493 e. The molecule has 1 aliphatic rings. The van der Waals surface area contributed by atoms with Gasteiger partial charge in [-0.2, -0.15) is 0 Å². The number of methoxy groups -OCH3 is 1. The molecule has 2 aromatic carbocycles. The third kappa shape index (κ3) is 4.01. The molecule has 0 N–H and O–H groups in total. The summed E-state index contributed by atoms with van der Waals surface area (Å²) >= 11 is 5.33. The highest BCUT2D eigenvalue weighted by molar-refractivity contribution is 7.80. The Labute approximate surface area is 187 Å². The van der Waals surface area contributed by atoms with Crippen molar-refractivity contribution < 1.29 is 14.3 Å². The first-order valence-electron chi connectivity index (χ1n) is 10.1. The molecule has 0 radical (unpaired) electrons. The van der Waals surface area contributed by atoms with Gasteiger partial charge in [0.25, 0.3) is 5.91 Å². The topological polar surface area (TPSA) is 46.9 Å². The van der Waals surface area contributed by atoms with Crippen LogP contribution in [0.1, 0.15) is 12.0 Å². The van der Waals surface area contributed by atoms with Gasteiger partial charge in [0.15, 0.2) is 16.6 Å². The third-order valence-electron chi connectivity index (χ3n) is 5.44. The first-order chi connectivity index (χ1) is 15.0. The molecule has 0 saturated carbocycles. The molecule has 0 aliphatic carbocycles. The molecule has 1 aromatic heterocycles. The lowest BCUT2D eigenvalue weighted by Gasteiger charge is -2.11. The Morgan fingerprint density at radius 3 is 2.42 bits per heavy atom. The molecule has 0 bridgehead atoms. The lowest BCUT2D eigenvalue weighted by Crippen LogP contribution is -2.26. The third-order valence-corrected chi connectivity index (χ3v) is 5.99. The number of thiocarbonyl (C=S) groups is 1. The highest BCUT2D eigenvalue weighted by atomic mass is 32.1. The highest BCUT2D eigenvalue weighted by Crippen LogP contribution is 2.28. The number of carbonyl (C=O) groups excluding carboxylic acids is 1. The Morgan fingerprint density at radius 1 is 1.00 bits per heavy atom. The van der Waals surface area contributed by atoms with Crippen molar-refractivity contribution >= 4 is 40.2 Å². The van der Waals surface area contributed by atoms with Gasteiger partial charge in [0.1, 0.15) is 5.70 Å². The van der Waals surface area contributed by atoms with E-state index < -0.39 is 0 Å². The average molecular weight is 436 g/mol. The second-order valence-electron chi connectivity index (χ2n) is 7.38. The van der Waals surface area contributed by atoms with E-state index in [9.17, 15) is 4.79 Å². The predicted molar refractivity (Wildman–Crippen MR) is 126 cm³/mol. The van der Waals surface area contributed by atoms with Crippen LogP contribution in [0.15, 0.2) is 60.4 Å². The number of amides is 1. The number of nitrogens with zero attached hydrogens (tertiary/aromatic N) is 3. The summed E-state index contributed by atoms with van der Waals surface area (Å²) < 4.78 is 13.4. The maximum Gasteiger partial charge on any atom is 0.276 e. The smallest absolute Gasteiger partial charge is 0.276 e.